The standard InChI is InChI=1S/C18H16N6O/c1-25-15-4-2-3-13(10-15)22-18-19-8-7-17(23-18)21-14-5-6-16-12(9-14)11-20-24-16/h2-11H,1H3,(H,20,24)(H2,19,21,22,23). The van der Waals surface area contributed by atoms with Gasteiger partial charge in [-0.2, -0.15) is 10.1 Å². The Kier molecular flexibility index (Phi) is 3.88. The van der Waals surface area contributed by atoms with Gasteiger partial charge < -0.3 is 15.4 Å². The lowest BCUT2D eigenvalue weighted by Gasteiger charge is -2.09. The van der Waals surface area contributed by atoms with Gasteiger partial charge in [-0.3, -0.25) is 5.10 Å². The van der Waals surface area contributed by atoms with E-state index in [0.29, 0.717) is 11.8 Å². The lowest BCUT2D eigenvalue weighted by molar-refractivity contribution is 0.415. The third kappa shape index (κ3) is 3.35. The molecular formula is C18H16N6O. The van der Waals surface area contributed by atoms with Crippen LogP contribution in [0.25, 0.3) is 10.9 Å². The summed E-state index contributed by atoms with van der Waals surface area (Å²) in [5.74, 6) is 1.97. The fourth-order valence-electron chi connectivity index (χ4n) is 2.49. The van der Waals surface area contributed by atoms with E-state index < -0.39 is 0 Å². The molecule has 0 fully saturated rings. The number of rotatable bonds is 5. The summed E-state index contributed by atoms with van der Waals surface area (Å²) in [7, 11) is 1.64. The molecule has 0 aliphatic carbocycles. The number of ether oxygens (including phenoxy) is 1. The second-order valence-electron chi connectivity index (χ2n) is 5.42. The van der Waals surface area contributed by atoms with Crippen LogP contribution < -0.4 is 15.4 Å². The molecule has 0 saturated heterocycles. The zero-order valence-electron chi connectivity index (χ0n) is 13.5. The molecule has 0 amide bonds. The first-order valence-corrected chi connectivity index (χ1v) is 7.74. The number of H-pyrrole nitrogens is 1. The van der Waals surface area contributed by atoms with Gasteiger partial charge in [0.25, 0.3) is 0 Å². The highest BCUT2D eigenvalue weighted by atomic mass is 16.5. The van der Waals surface area contributed by atoms with E-state index >= 15 is 0 Å². The molecule has 2 aromatic carbocycles. The van der Waals surface area contributed by atoms with E-state index in [4.69, 9.17) is 4.74 Å². The first kappa shape index (κ1) is 14.9. The Balaban J connectivity index is 1.54. The molecule has 124 valence electrons. The van der Waals surface area contributed by atoms with Gasteiger partial charge in [0.05, 0.1) is 18.8 Å². The van der Waals surface area contributed by atoms with Gasteiger partial charge in [-0.05, 0) is 36.4 Å². The monoisotopic (exact) mass is 332 g/mol. The van der Waals surface area contributed by atoms with Crippen molar-refractivity contribution in [3.63, 3.8) is 0 Å². The molecule has 0 bridgehead atoms. The second kappa shape index (κ2) is 6.48. The molecule has 0 spiro atoms. The summed E-state index contributed by atoms with van der Waals surface area (Å²) in [6.07, 6.45) is 3.49. The molecule has 2 aromatic heterocycles. The molecule has 0 aliphatic rings. The van der Waals surface area contributed by atoms with Crippen molar-refractivity contribution in [3.05, 3.63) is 60.9 Å². The van der Waals surface area contributed by atoms with Crippen molar-refractivity contribution in [3.8, 4) is 5.75 Å². The van der Waals surface area contributed by atoms with Crippen LogP contribution in [0.5, 0.6) is 5.75 Å². The zero-order chi connectivity index (χ0) is 17.1. The van der Waals surface area contributed by atoms with E-state index in [0.717, 1.165) is 28.0 Å². The van der Waals surface area contributed by atoms with Crippen LogP contribution in [0.15, 0.2) is 60.9 Å². The highest BCUT2D eigenvalue weighted by molar-refractivity contribution is 5.82. The topological polar surface area (TPSA) is 87.8 Å². The lowest BCUT2D eigenvalue weighted by Crippen LogP contribution is -2.00. The number of hydrogen-bond donors (Lipinski definition) is 3. The van der Waals surface area contributed by atoms with Crippen molar-refractivity contribution in [2.24, 2.45) is 0 Å². The van der Waals surface area contributed by atoms with Gasteiger partial charge in [0.15, 0.2) is 0 Å². The third-order valence-corrected chi connectivity index (χ3v) is 3.69. The van der Waals surface area contributed by atoms with Crippen LogP contribution in [0.4, 0.5) is 23.1 Å². The average molecular weight is 332 g/mol. The minimum atomic E-state index is 0.502. The van der Waals surface area contributed by atoms with Gasteiger partial charge in [-0.1, -0.05) is 6.07 Å². The SMILES string of the molecule is COc1cccc(Nc2nccc(Nc3ccc4[nH]ncc4c3)n2)c1. The molecule has 2 heterocycles. The Bertz CT molecular complexity index is 1010. The lowest BCUT2D eigenvalue weighted by atomic mass is 10.2. The first-order chi connectivity index (χ1) is 12.3. The zero-order valence-corrected chi connectivity index (χ0v) is 13.5. The number of methoxy groups -OCH3 is 1. The molecular weight excluding hydrogens is 316 g/mol. The number of aromatic amines is 1. The van der Waals surface area contributed by atoms with Gasteiger partial charge in [0.1, 0.15) is 11.6 Å². The summed E-state index contributed by atoms with van der Waals surface area (Å²) in [4.78, 5) is 8.74. The Labute approximate surface area is 144 Å². The summed E-state index contributed by atoms with van der Waals surface area (Å²) in [5, 5.41) is 14.4. The number of nitrogens with one attached hydrogen (secondary N) is 3. The molecule has 4 rings (SSSR count). The van der Waals surface area contributed by atoms with Gasteiger partial charge in [-0.15, -0.1) is 0 Å². The van der Waals surface area contributed by atoms with Crippen LogP contribution in [-0.2, 0) is 0 Å². The number of anilines is 4. The van der Waals surface area contributed by atoms with Gasteiger partial charge in [-0.25, -0.2) is 4.98 Å². The highest BCUT2D eigenvalue weighted by Gasteiger charge is 2.03. The molecule has 0 aliphatic heterocycles. The predicted molar refractivity (Wildman–Crippen MR) is 97.7 cm³/mol. The summed E-state index contributed by atoms with van der Waals surface area (Å²) < 4.78 is 5.22. The van der Waals surface area contributed by atoms with E-state index in [1.165, 1.54) is 0 Å². The van der Waals surface area contributed by atoms with Gasteiger partial charge >= 0.3 is 0 Å². The number of benzene rings is 2. The normalized spacial score (nSPS) is 10.6. The summed E-state index contributed by atoms with van der Waals surface area (Å²) >= 11 is 0. The van der Waals surface area contributed by atoms with E-state index in [1.807, 2.05) is 48.5 Å². The van der Waals surface area contributed by atoms with Crippen LogP contribution >= 0.6 is 0 Å². The van der Waals surface area contributed by atoms with Crippen LogP contribution in [0, 0.1) is 0 Å². The van der Waals surface area contributed by atoms with E-state index in [2.05, 4.69) is 30.8 Å². The van der Waals surface area contributed by atoms with Crippen LogP contribution in [-0.4, -0.2) is 27.3 Å². The van der Waals surface area contributed by atoms with E-state index in [-0.39, 0.29) is 0 Å². The average Bonchev–Trinajstić information content (AvgIpc) is 3.10. The summed E-state index contributed by atoms with van der Waals surface area (Å²) in [6, 6.07) is 15.4. The Morgan fingerprint density at radius 1 is 1.00 bits per heavy atom. The molecule has 7 heteroatoms. The third-order valence-electron chi connectivity index (χ3n) is 3.69. The van der Waals surface area contributed by atoms with Crippen molar-refractivity contribution < 1.29 is 4.74 Å². The Hall–Kier alpha value is -3.61. The van der Waals surface area contributed by atoms with Crippen LogP contribution in [0.3, 0.4) is 0 Å². The van der Waals surface area contributed by atoms with Crippen molar-refractivity contribution in [2.45, 2.75) is 0 Å². The maximum atomic E-state index is 5.22. The summed E-state index contributed by atoms with van der Waals surface area (Å²) in [5.41, 5.74) is 2.78. The summed E-state index contributed by atoms with van der Waals surface area (Å²) in [6.45, 7) is 0. The maximum Gasteiger partial charge on any atom is 0.229 e. The van der Waals surface area contributed by atoms with Crippen molar-refractivity contribution in [1.29, 1.82) is 0 Å². The number of fused-ring (bicyclic) bond motifs is 1. The Morgan fingerprint density at radius 2 is 1.92 bits per heavy atom. The van der Waals surface area contributed by atoms with Crippen LogP contribution in [0.1, 0.15) is 0 Å². The Morgan fingerprint density at radius 3 is 2.84 bits per heavy atom. The van der Waals surface area contributed by atoms with E-state index in [9.17, 15) is 0 Å². The molecule has 0 atom stereocenters. The molecule has 0 unspecified atom stereocenters. The van der Waals surface area contributed by atoms with Crippen LogP contribution in [0.2, 0.25) is 0 Å². The van der Waals surface area contributed by atoms with Crippen molar-refractivity contribution >= 4 is 34.0 Å². The van der Waals surface area contributed by atoms with Gasteiger partial charge in [0.2, 0.25) is 5.95 Å². The molecule has 0 radical (unpaired) electrons. The molecule has 4 aromatic rings. The van der Waals surface area contributed by atoms with Crippen molar-refractivity contribution in [1.82, 2.24) is 20.2 Å². The maximum absolute atomic E-state index is 5.22. The minimum absolute atomic E-state index is 0.502. The smallest absolute Gasteiger partial charge is 0.229 e. The quantitative estimate of drug-likeness (QED) is 0.514. The first-order valence-electron chi connectivity index (χ1n) is 7.74. The number of nitrogens with zero attached hydrogens (tertiary/aromatic N) is 3. The molecule has 3 N–H and O–H groups in total. The second-order valence-corrected chi connectivity index (χ2v) is 5.42. The fraction of sp³-hybridized carbons (Fsp3) is 0.0556. The number of aromatic nitrogens is 4. The largest absolute Gasteiger partial charge is 0.497 e. The van der Waals surface area contributed by atoms with Gasteiger partial charge in [0, 0.05) is 29.0 Å². The minimum Gasteiger partial charge on any atom is -0.497 e. The molecule has 0 saturated carbocycles. The fourth-order valence-corrected chi connectivity index (χ4v) is 2.49. The van der Waals surface area contributed by atoms with Crippen molar-refractivity contribution in [2.75, 3.05) is 17.7 Å². The highest BCUT2D eigenvalue weighted by Crippen LogP contribution is 2.22. The molecule has 25 heavy (non-hydrogen) atoms. The number of hydrogen-bond acceptors (Lipinski definition) is 6. The van der Waals surface area contributed by atoms with E-state index in [1.54, 1.807) is 19.5 Å². The predicted octanol–water partition coefficient (Wildman–Crippen LogP) is 3.85. The molecule has 7 nitrogen and oxygen atoms in total.